The van der Waals surface area contributed by atoms with Crippen LogP contribution in [0.2, 0.25) is 0 Å². The van der Waals surface area contributed by atoms with Crippen molar-refractivity contribution < 1.29 is 9.53 Å². The number of hydrogen-bond acceptors (Lipinski definition) is 3. The first-order chi connectivity index (χ1) is 12.4. The highest BCUT2D eigenvalue weighted by atomic mass is 16.5. The smallest absolute Gasteiger partial charge is 0.319 e. The number of anilines is 1. The molecule has 0 saturated heterocycles. The topological polar surface area (TPSA) is 74.2 Å². The molecule has 0 bridgehead atoms. The molecule has 5 heteroatoms. The lowest BCUT2D eigenvalue weighted by molar-refractivity contribution is 0.250. The fourth-order valence-electron chi connectivity index (χ4n) is 2.32. The van der Waals surface area contributed by atoms with Crippen molar-refractivity contribution in [3.63, 3.8) is 0 Å². The van der Waals surface area contributed by atoms with Gasteiger partial charge in [0.15, 0.2) is 0 Å². The summed E-state index contributed by atoms with van der Waals surface area (Å²) in [4.78, 5) is 11.8. The van der Waals surface area contributed by atoms with Crippen molar-refractivity contribution >= 4 is 11.7 Å². The first kappa shape index (κ1) is 19.3. The fraction of sp³-hybridized carbons (Fsp3) is 0.333. The third-order valence-corrected chi connectivity index (χ3v) is 3.87. The molecule has 2 aromatic carbocycles. The zero-order valence-electron chi connectivity index (χ0n) is 15.5. The largest absolute Gasteiger partial charge is 0.494 e. The van der Waals surface area contributed by atoms with Crippen LogP contribution >= 0.6 is 0 Å². The van der Waals surface area contributed by atoms with Crippen LogP contribution < -0.4 is 15.4 Å². The van der Waals surface area contributed by atoms with Gasteiger partial charge in [0, 0.05) is 12.2 Å². The van der Waals surface area contributed by atoms with Crippen LogP contribution in [-0.2, 0) is 5.41 Å². The molecule has 2 rings (SSSR count). The maximum Gasteiger partial charge on any atom is 0.319 e. The average molecular weight is 351 g/mol. The third-order valence-electron chi connectivity index (χ3n) is 3.87. The second-order valence-electron chi connectivity index (χ2n) is 7.05. The van der Waals surface area contributed by atoms with Gasteiger partial charge in [0.25, 0.3) is 0 Å². The van der Waals surface area contributed by atoms with Crippen molar-refractivity contribution in [1.82, 2.24) is 5.32 Å². The van der Waals surface area contributed by atoms with E-state index in [1.807, 2.05) is 18.2 Å². The monoisotopic (exact) mass is 351 g/mol. The summed E-state index contributed by atoms with van der Waals surface area (Å²) < 4.78 is 5.70. The zero-order chi connectivity index (χ0) is 19.0. The molecule has 0 radical (unpaired) electrons. The predicted octanol–water partition coefficient (Wildman–Crippen LogP) is 4.45. The van der Waals surface area contributed by atoms with E-state index in [0.717, 1.165) is 5.75 Å². The third kappa shape index (κ3) is 6.14. The molecule has 0 atom stereocenters. The lowest BCUT2D eigenvalue weighted by Crippen LogP contribution is -2.30. The van der Waals surface area contributed by atoms with E-state index in [4.69, 9.17) is 10.00 Å². The molecule has 0 fully saturated rings. The Kier molecular flexibility index (Phi) is 6.62. The van der Waals surface area contributed by atoms with Crippen LogP contribution in [0, 0.1) is 11.3 Å². The summed E-state index contributed by atoms with van der Waals surface area (Å²) in [5.41, 5.74) is 2.61. The molecule has 5 nitrogen and oxygen atoms in total. The number of rotatable bonds is 6. The maximum absolute atomic E-state index is 11.8. The normalized spacial score (nSPS) is 10.7. The molecule has 0 aromatic heterocycles. The minimum absolute atomic E-state index is 0.130. The van der Waals surface area contributed by atoms with Crippen LogP contribution in [-0.4, -0.2) is 19.2 Å². The van der Waals surface area contributed by atoms with E-state index in [2.05, 4.69) is 43.5 Å². The van der Waals surface area contributed by atoms with Gasteiger partial charge >= 0.3 is 6.03 Å². The second kappa shape index (κ2) is 8.91. The Balaban J connectivity index is 1.65. The Morgan fingerprint density at radius 2 is 1.73 bits per heavy atom. The van der Waals surface area contributed by atoms with Gasteiger partial charge in [-0.3, -0.25) is 0 Å². The van der Waals surface area contributed by atoms with Crippen LogP contribution in [0.5, 0.6) is 5.75 Å². The number of benzene rings is 2. The van der Waals surface area contributed by atoms with Gasteiger partial charge in [-0.25, -0.2) is 4.79 Å². The van der Waals surface area contributed by atoms with Crippen LogP contribution in [0.1, 0.15) is 38.3 Å². The van der Waals surface area contributed by atoms with E-state index >= 15 is 0 Å². The number of urea groups is 1. The highest BCUT2D eigenvalue weighted by molar-refractivity contribution is 5.89. The molecule has 0 saturated carbocycles. The summed E-state index contributed by atoms with van der Waals surface area (Å²) in [5.74, 6) is 0.833. The lowest BCUT2D eigenvalue weighted by Gasteiger charge is -2.19. The van der Waals surface area contributed by atoms with Crippen molar-refractivity contribution in [2.45, 2.75) is 32.6 Å². The van der Waals surface area contributed by atoms with Gasteiger partial charge in [-0.15, -0.1) is 0 Å². The molecule has 2 amide bonds. The minimum Gasteiger partial charge on any atom is -0.494 e. The SMILES string of the molecule is CC(C)(C)c1ccc(OCCCNC(=O)Nc2ccc(C#N)cc2)cc1. The number of nitriles is 1. The van der Waals surface area contributed by atoms with Crippen LogP contribution in [0.3, 0.4) is 0 Å². The summed E-state index contributed by atoms with van der Waals surface area (Å²) in [6.45, 7) is 7.58. The molecule has 0 aliphatic rings. The van der Waals surface area contributed by atoms with E-state index < -0.39 is 0 Å². The molecule has 2 aromatic rings. The van der Waals surface area contributed by atoms with Crippen LogP contribution in [0.4, 0.5) is 10.5 Å². The molecule has 2 N–H and O–H groups in total. The fourth-order valence-corrected chi connectivity index (χ4v) is 2.32. The van der Waals surface area contributed by atoms with E-state index in [-0.39, 0.29) is 11.4 Å². The van der Waals surface area contributed by atoms with Gasteiger partial charge in [-0.2, -0.15) is 5.26 Å². The summed E-state index contributed by atoms with van der Waals surface area (Å²) in [7, 11) is 0. The number of nitrogens with one attached hydrogen (secondary N) is 2. The van der Waals surface area contributed by atoms with Crippen molar-refractivity contribution in [3.05, 3.63) is 59.7 Å². The Morgan fingerprint density at radius 3 is 2.31 bits per heavy atom. The number of amides is 2. The average Bonchev–Trinajstić information content (AvgIpc) is 2.62. The summed E-state index contributed by atoms with van der Waals surface area (Å²) in [6.07, 6.45) is 0.710. The summed E-state index contributed by atoms with van der Waals surface area (Å²) in [5, 5.41) is 14.2. The molecule has 136 valence electrons. The number of ether oxygens (including phenoxy) is 1. The van der Waals surface area contributed by atoms with E-state index in [1.54, 1.807) is 24.3 Å². The van der Waals surface area contributed by atoms with Crippen molar-refractivity contribution in [2.75, 3.05) is 18.5 Å². The van der Waals surface area contributed by atoms with Gasteiger partial charge < -0.3 is 15.4 Å². The molecule has 0 unspecified atom stereocenters. The molecule has 0 aliphatic carbocycles. The van der Waals surface area contributed by atoms with E-state index in [0.29, 0.717) is 30.8 Å². The van der Waals surface area contributed by atoms with Crippen LogP contribution in [0.25, 0.3) is 0 Å². The first-order valence-corrected chi connectivity index (χ1v) is 8.67. The zero-order valence-corrected chi connectivity index (χ0v) is 15.5. The molecular formula is C21H25N3O2. The number of carbonyl (C=O) groups excluding carboxylic acids is 1. The Hall–Kier alpha value is -3.00. The maximum atomic E-state index is 11.8. The van der Waals surface area contributed by atoms with Crippen LogP contribution in [0.15, 0.2) is 48.5 Å². The Bertz CT molecular complexity index is 754. The molecule has 0 heterocycles. The van der Waals surface area contributed by atoms with Gasteiger partial charge in [-0.1, -0.05) is 32.9 Å². The van der Waals surface area contributed by atoms with Gasteiger partial charge in [0.1, 0.15) is 5.75 Å². The summed E-state index contributed by atoms with van der Waals surface area (Å²) in [6, 6.07) is 16.6. The first-order valence-electron chi connectivity index (χ1n) is 8.67. The highest BCUT2D eigenvalue weighted by Gasteiger charge is 2.12. The predicted molar refractivity (Wildman–Crippen MR) is 103 cm³/mol. The number of nitrogens with zero attached hydrogens (tertiary/aromatic N) is 1. The second-order valence-corrected chi connectivity index (χ2v) is 7.05. The molecular weight excluding hydrogens is 326 g/mol. The highest BCUT2D eigenvalue weighted by Crippen LogP contribution is 2.24. The summed E-state index contributed by atoms with van der Waals surface area (Å²) >= 11 is 0. The number of carbonyl (C=O) groups is 1. The van der Waals surface area contributed by atoms with Gasteiger partial charge in [-0.05, 0) is 53.8 Å². The standard InChI is InChI=1S/C21H25N3O2/c1-21(2,3)17-7-11-19(12-8-17)26-14-4-13-23-20(25)24-18-9-5-16(15-22)6-10-18/h5-12H,4,13-14H2,1-3H3,(H2,23,24,25). The molecule has 0 spiro atoms. The van der Waals surface area contributed by atoms with Crippen molar-refractivity contribution in [1.29, 1.82) is 5.26 Å². The van der Waals surface area contributed by atoms with Crippen molar-refractivity contribution in [2.24, 2.45) is 0 Å². The van der Waals surface area contributed by atoms with Gasteiger partial charge in [0.2, 0.25) is 0 Å². The van der Waals surface area contributed by atoms with E-state index in [1.165, 1.54) is 5.56 Å². The van der Waals surface area contributed by atoms with E-state index in [9.17, 15) is 4.79 Å². The number of hydrogen-bond donors (Lipinski definition) is 2. The van der Waals surface area contributed by atoms with Gasteiger partial charge in [0.05, 0.1) is 18.2 Å². The molecule has 26 heavy (non-hydrogen) atoms. The lowest BCUT2D eigenvalue weighted by atomic mass is 9.87. The Morgan fingerprint density at radius 1 is 1.08 bits per heavy atom. The Labute approximate surface area is 155 Å². The van der Waals surface area contributed by atoms with Crippen molar-refractivity contribution in [3.8, 4) is 11.8 Å². The molecule has 0 aliphatic heterocycles. The minimum atomic E-state index is -0.274. The quantitative estimate of drug-likeness (QED) is 0.755.